The molecule has 0 aliphatic heterocycles. The minimum absolute atomic E-state index is 0.132. The van der Waals surface area contributed by atoms with Gasteiger partial charge in [0.1, 0.15) is 5.92 Å². The van der Waals surface area contributed by atoms with Crippen molar-refractivity contribution in [3.05, 3.63) is 33.8 Å². The number of carbonyl (C=O) groups excluding carboxylic acids is 1. The fourth-order valence-electron chi connectivity index (χ4n) is 2.47. The zero-order valence-corrected chi connectivity index (χ0v) is 12.7. The lowest BCUT2D eigenvalue weighted by molar-refractivity contribution is -0.132. The molecule has 0 saturated heterocycles. The highest BCUT2D eigenvalue weighted by molar-refractivity contribution is 6.42. The first-order valence-corrected chi connectivity index (χ1v) is 7.19. The summed E-state index contributed by atoms with van der Waals surface area (Å²) in [7, 11) is 1.62. The third kappa shape index (κ3) is 2.98. The van der Waals surface area contributed by atoms with Gasteiger partial charge < -0.3 is 4.74 Å². The van der Waals surface area contributed by atoms with Crippen molar-refractivity contribution < 1.29 is 9.53 Å². The number of hydrogen-bond acceptors (Lipinski definition) is 3. The Kier molecular flexibility index (Phi) is 4.70. The molecule has 0 spiro atoms. The Hall–Kier alpha value is -1.08. The lowest BCUT2D eigenvalue weighted by Gasteiger charge is -2.40. The number of carbonyl (C=O) groups is 1. The number of hydrogen-bond donors (Lipinski definition) is 0. The average molecular weight is 312 g/mol. The van der Waals surface area contributed by atoms with Crippen molar-refractivity contribution >= 4 is 29.0 Å². The Morgan fingerprint density at radius 3 is 2.60 bits per heavy atom. The largest absolute Gasteiger partial charge is 0.378 e. The number of benzene rings is 1. The van der Waals surface area contributed by atoms with Gasteiger partial charge in [-0.05, 0) is 37.0 Å². The second-order valence-electron chi connectivity index (χ2n) is 5.12. The standard InChI is InChI=1S/C15H15Cl2NO2/c1-20-15(5-2-6-15)8-14(19)11(9-18)10-3-4-12(16)13(17)7-10/h3-4,7,11H,2,5-6,8H2,1H3. The van der Waals surface area contributed by atoms with Gasteiger partial charge in [-0.3, -0.25) is 4.79 Å². The lowest BCUT2D eigenvalue weighted by Crippen LogP contribution is -2.42. The summed E-state index contributed by atoms with van der Waals surface area (Å²) in [5.41, 5.74) is 0.208. The minimum atomic E-state index is -0.822. The summed E-state index contributed by atoms with van der Waals surface area (Å²) >= 11 is 11.8. The Labute approximate surface area is 128 Å². The SMILES string of the molecule is COC1(CC(=O)C(C#N)c2ccc(Cl)c(Cl)c2)CCC1. The van der Waals surface area contributed by atoms with E-state index in [2.05, 4.69) is 6.07 Å². The Balaban J connectivity index is 2.17. The van der Waals surface area contributed by atoms with Gasteiger partial charge in [0.2, 0.25) is 0 Å². The van der Waals surface area contributed by atoms with E-state index in [1.165, 1.54) is 0 Å². The van der Waals surface area contributed by atoms with Crippen molar-refractivity contribution in [2.24, 2.45) is 0 Å². The third-order valence-electron chi connectivity index (χ3n) is 3.92. The molecule has 1 aromatic rings. The van der Waals surface area contributed by atoms with Gasteiger partial charge in [-0.25, -0.2) is 0 Å². The molecule has 0 heterocycles. The number of ketones is 1. The number of nitrogens with zero attached hydrogens (tertiary/aromatic N) is 1. The molecule has 5 heteroatoms. The minimum Gasteiger partial charge on any atom is -0.378 e. The van der Waals surface area contributed by atoms with Gasteiger partial charge in [0.15, 0.2) is 5.78 Å². The van der Waals surface area contributed by atoms with E-state index in [0.717, 1.165) is 19.3 Å². The second-order valence-corrected chi connectivity index (χ2v) is 5.93. The average Bonchev–Trinajstić information content (AvgIpc) is 2.39. The van der Waals surface area contributed by atoms with Crippen molar-refractivity contribution in [2.45, 2.75) is 37.2 Å². The summed E-state index contributed by atoms with van der Waals surface area (Å²) in [4.78, 5) is 12.4. The molecule has 1 saturated carbocycles. The smallest absolute Gasteiger partial charge is 0.157 e. The van der Waals surface area contributed by atoms with E-state index in [-0.39, 0.29) is 17.8 Å². The van der Waals surface area contributed by atoms with Crippen molar-refractivity contribution in [3.63, 3.8) is 0 Å². The molecule has 0 radical (unpaired) electrons. The third-order valence-corrected chi connectivity index (χ3v) is 4.66. The van der Waals surface area contributed by atoms with Crippen LogP contribution in [0.2, 0.25) is 10.0 Å². The van der Waals surface area contributed by atoms with E-state index in [1.807, 2.05) is 0 Å². The molecule has 1 aromatic carbocycles. The summed E-state index contributed by atoms with van der Waals surface area (Å²) in [5.74, 6) is -0.954. The van der Waals surface area contributed by atoms with Gasteiger partial charge in [0, 0.05) is 13.5 Å². The van der Waals surface area contributed by atoms with Crippen molar-refractivity contribution in [3.8, 4) is 6.07 Å². The molecule has 20 heavy (non-hydrogen) atoms. The summed E-state index contributed by atoms with van der Waals surface area (Å²) in [5, 5.41) is 10.0. The predicted octanol–water partition coefficient (Wildman–Crippen LogP) is 4.13. The first kappa shape index (κ1) is 15.3. The number of methoxy groups -OCH3 is 1. The Bertz CT molecular complexity index is 556. The first-order valence-electron chi connectivity index (χ1n) is 6.44. The van der Waals surface area contributed by atoms with Crippen LogP contribution in [0.4, 0.5) is 0 Å². The van der Waals surface area contributed by atoms with Gasteiger partial charge in [0.05, 0.1) is 21.7 Å². The Morgan fingerprint density at radius 2 is 2.15 bits per heavy atom. The summed E-state index contributed by atoms with van der Waals surface area (Å²) in [6.45, 7) is 0. The number of ether oxygens (including phenoxy) is 1. The second kappa shape index (κ2) is 6.13. The van der Waals surface area contributed by atoms with E-state index in [9.17, 15) is 10.1 Å². The molecule has 1 aliphatic carbocycles. The first-order chi connectivity index (χ1) is 9.51. The maximum Gasteiger partial charge on any atom is 0.157 e. The molecule has 2 rings (SSSR count). The van der Waals surface area contributed by atoms with Crippen LogP contribution in [-0.2, 0) is 9.53 Å². The van der Waals surface area contributed by atoms with Crippen LogP contribution in [0.5, 0.6) is 0 Å². The molecule has 0 amide bonds. The van der Waals surface area contributed by atoms with Gasteiger partial charge >= 0.3 is 0 Å². The molecule has 106 valence electrons. The molecule has 0 bridgehead atoms. The molecular weight excluding hydrogens is 297 g/mol. The summed E-state index contributed by atoms with van der Waals surface area (Å²) in [6.07, 6.45) is 3.07. The monoisotopic (exact) mass is 311 g/mol. The van der Waals surface area contributed by atoms with Crippen molar-refractivity contribution in [2.75, 3.05) is 7.11 Å². The lowest BCUT2D eigenvalue weighted by atomic mass is 9.74. The zero-order chi connectivity index (χ0) is 14.8. The highest BCUT2D eigenvalue weighted by atomic mass is 35.5. The van der Waals surface area contributed by atoms with Gasteiger partial charge in [-0.15, -0.1) is 0 Å². The van der Waals surface area contributed by atoms with E-state index in [4.69, 9.17) is 27.9 Å². The van der Waals surface area contributed by atoms with Crippen LogP contribution in [0, 0.1) is 11.3 Å². The van der Waals surface area contributed by atoms with Crippen LogP contribution in [0.15, 0.2) is 18.2 Å². The number of nitriles is 1. The summed E-state index contributed by atoms with van der Waals surface area (Å²) in [6, 6.07) is 6.90. The van der Waals surface area contributed by atoms with Crippen LogP contribution < -0.4 is 0 Å². The molecule has 0 aromatic heterocycles. The quantitative estimate of drug-likeness (QED) is 0.821. The van der Waals surface area contributed by atoms with E-state index in [1.54, 1.807) is 25.3 Å². The van der Waals surface area contributed by atoms with Gasteiger partial charge in [-0.1, -0.05) is 29.3 Å². The molecular formula is C15H15Cl2NO2. The van der Waals surface area contributed by atoms with Gasteiger partial charge in [-0.2, -0.15) is 5.26 Å². The molecule has 1 fully saturated rings. The van der Waals surface area contributed by atoms with Gasteiger partial charge in [0.25, 0.3) is 0 Å². The van der Waals surface area contributed by atoms with Crippen LogP contribution >= 0.6 is 23.2 Å². The number of rotatable bonds is 5. The van der Waals surface area contributed by atoms with Crippen LogP contribution in [0.1, 0.15) is 37.2 Å². The maximum absolute atomic E-state index is 12.4. The molecule has 1 unspecified atom stereocenters. The normalized spacial score (nSPS) is 17.9. The van der Waals surface area contributed by atoms with E-state index < -0.39 is 5.92 Å². The molecule has 1 aliphatic rings. The molecule has 1 atom stereocenters. The van der Waals surface area contributed by atoms with E-state index >= 15 is 0 Å². The number of Topliss-reactive ketones (excluding diaryl/α,β-unsaturated/α-hetero) is 1. The molecule has 3 nitrogen and oxygen atoms in total. The Morgan fingerprint density at radius 1 is 1.45 bits per heavy atom. The highest BCUT2D eigenvalue weighted by Crippen LogP contribution is 2.39. The fraction of sp³-hybridized carbons (Fsp3) is 0.467. The molecule has 0 N–H and O–H groups in total. The number of halogens is 2. The van der Waals surface area contributed by atoms with Crippen molar-refractivity contribution in [1.29, 1.82) is 5.26 Å². The maximum atomic E-state index is 12.4. The predicted molar refractivity (Wildman–Crippen MR) is 78.0 cm³/mol. The van der Waals surface area contributed by atoms with Crippen molar-refractivity contribution in [1.82, 2.24) is 0 Å². The van der Waals surface area contributed by atoms with E-state index in [0.29, 0.717) is 15.6 Å². The summed E-state index contributed by atoms with van der Waals surface area (Å²) < 4.78 is 5.44. The topological polar surface area (TPSA) is 50.1 Å². The fourth-order valence-corrected chi connectivity index (χ4v) is 2.77. The van der Waals surface area contributed by atoms with Crippen LogP contribution in [-0.4, -0.2) is 18.5 Å². The van der Waals surface area contributed by atoms with Crippen LogP contribution in [0.25, 0.3) is 0 Å². The van der Waals surface area contributed by atoms with Crippen LogP contribution in [0.3, 0.4) is 0 Å². The zero-order valence-electron chi connectivity index (χ0n) is 11.2. The highest BCUT2D eigenvalue weighted by Gasteiger charge is 2.40.